The number of thiazole rings is 1. The Balaban J connectivity index is 1.51. The Morgan fingerprint density at radius 3 is 2.87 bits per heavy atom. The molecule has 2 heterocycles. The Labute approximate surface area is 179 Å². The predicted molar refractivity (Wildman–Crippen MR) is 115 cm³/mol. The molecule has 1 amide bonds. The van der Waals surface area contributed by atoms with Crippen LogP contribution in [0.25, 0.3) is 0 Å². The lowest BCUT2D eigenvalue weighted by atomic mass is 10.2. The second kappa shape index (κ2) is 10.9. The van der Waals surface area contributed by atoms with Crippen molar-refractivity contribution >= 4 is 23.1 Å². The lowest BCUT2D eigenvalue weighted by Gasteiger charge is -2.10. The molecule has 1 N–H and O–H groups in total. The molecule has 0 saturated heterocycles. The SMILES string of the molecule is Cc1ccc(OCc2nc(CC(=O)Nc3ncccc3OCCCC#N)cs2)cc1. The van der Waals surface area contributed by atoms with Gasteiger partial charge in [-0.15, -0.1) is 11.3 Å². The van der Waals surface area contributed by atoms with Gasteiger partial charge >= 0.3 is 0 Å². The van der Waals surface area contributed by atoms with Crippen molar-refractivity contribution < 1.29 is 14.3 Å². The molecule has 0 atom stereocenters. The molecular formula is C22H22N4O3S. The van der Waals surface area contributed by atoms with Crippen molar-refractivity contribution in [3.8, 4) is 17.6 Å². The largest absolute Gasteiger partial charge is 0.490 e. The zero-order valence-electron chi connectivity index (χ0n) is 16.6. The molecule has 0 spiro atoms. The molecule has 0 fully saturated rings. The molecular weight excluding hydrogens is 400 g/mol. The number of benzene rings is 1. The number of nitrogens with zero attached hydrogens (tertiary/aromatic N) is 3. The molecule has 3 aromatic rings. The van der Waals surface area contributed by atoms with E-state index < -0.39 is 0 Å². The molecule has 0 aliphatic rings. The highest BCUT2D eigenvalue weighted by atomic mass is 32.1. The number of aromatic nitrogens is 2. The number of anilines is 1. The quantitative estimate of drug-likeness (QED) is 0.490. The fraction of sp³-hybridized carbons (Fsp3) is 0.273. The number of rotatable bonds is 10. The standard InChI is InChI=1S/C22H22N4O3S/c1-16-6-8-18(9-7-16)29-14-21-25-17(15-30-21)13-20(27)26-22-19(5-4-11-24-22)28-12-3-2-10-23/h4-9,11,15H,2-3,12-14H2,1H3,(H,24,26,27). The first kappa shape index (κ1) is 21.3. The molecule has 8 heteroatoms. The van der Waals surface area contributed by atoms with Crippen LogP contribution in [0.3, 0.4) is 0 Å². The topological polar surface area (TPSA) is 97.1 Å². The van der Waals surface area contributed by atoms with Gasteiger partial charge in [0.15, 0.2) is 11.6 Å². The van der Waals surface area contributed by atoms with E-state index in [1.165, 1.54) is 16.9 Å². The third kappa shape index (κ3) is 6.57. The van der Waals surface area contributed by atoms with Crippen molar-refractivity contribution in [3.05, 3.63) is 64.2 Å². The minimum absolute atomic E-state index is 0.130. The number of ether oxygens (including phenoxy) is 2. The van der Waals surface area contributed by atoms with Crippen LogP contribution < -0.4 is 14.8 Å². The number of aryl methyl sites for hydroxylation is 1. The summed E-state index contributed by atoms with van der Waals surface area (Å²) in [7, 11) is 0. The first-order valence-electron chi connectivity index (χ1n) is 9.51. The van der Waals surface area contributed by atoms with Crippen LogP contribution in [0.2, 0.25) is 0 Å². The highest BCUT2D eigenvalue weighted by Crippen LogP contribution is 2.22. The van der Waals surface area contributed by atoms with Crippen LogP contribution in [0.15, 0.2) is 48.0 Å². The normalized spacial score (nSPS) is 10.3. The van der Waals surface area contributed by atoms with Crippen molar-refractivity contribution in [1.82, 2.24) is 9.97 Å². The molecule has 30 heavy (non-hydrogen) atoms. The molecule has 154 valence electrons. The van der Waals surface area contributed by atoms with Crippen LogP contribution >= 0.6 is 11.3 Å². The lowest BCUT2D eigenvalue weighted by Crippen LogP contribution is -2.16. The zero-order valence-corrected chi connectivity index (χ0v) is 17.4. The number of carbonyl (C=O) groups is 1. The second-order valence-electron chi connectivity index (χ2n) is 6.52. The van der Waals surface area contributed by atoms with Gasteiger partial charge in [0, 0.05) is 18.0 Å². The molecule has 2 aromatic heterocycles. The minimum atomic E-state index is -0.230. The summed E-state index contributed by atoms with van der Waals surface area (Å²) in [4.78, 5) is 21.1. The van der Waals surface area contributed by atoms with Gasteiger partial charge in [-0.2, -0.15) is 5.26 Å². The number of nitriles is 1. The van der Waals surface area contributed by atoms with E-state index >= 15 is 0 Å². The number of amides is 1. The second-order valence-corrected chi connectivity index (χ2v) is 7.46. The summed E-state index contributed by atoms with van der Waals surface area (Å²) in [5.74, 6) is 1.39. The Morgan fingerprint density at radius 2 is 2.07 bits per heavy atom. The van der Waals surface area contributed by atoms with Crippen LogP contribution in [0.4, 0.5) is 5.82 Å². The monoisotopic (exact) mass is 422 g/mol. The first-order chi connectivity index (χ1) is 14.6. The lowest BCUT2D eigenvalue weighted by molar-refractivity contribution is -0.115. The van der Waals surface area contributed by atoms with E-state index in [4.69, 9.17) is 14.7 Å². The number of pyridine rings is 1. The van der Waals surface area contributed by atoms with Crippen LogP contribution in [0, 0.1) is 18.3 Å². The van der Waals surface area contributed by atoms with Gasteiger partial charge in [0.1, 0.15) is 17.4 Å². The van der Waals surface area contributed by atoms with Gasteiger partial charge in [-0.25, -0.2) is 9.97 Å². The Bertz CT molecular complexity index is 1010. The summed E-state index contributed by atoms with van der Waals surface area (Å²) in [5.41, 5.74) is 1.85. The summed E-state index contributed by atoms with van der Waals surface area (Å²) in [5, 5.41) is 14.0. The van der Waals surface area contributed by atoms with Crippen molar-refractivity contribution in [2.45, 2.75) is 32.8 Å². The maximum atomic E-state index is 12.4. The molecule has 0 bridgehead atoms. The van der Waals surface area contributed by atoms with E-state index in [0.717, 1.165) is 10.8 Å². The summed E-state index contributed by atoms with van der Waals surface area (Å²) in [6.07, 6.45) is 2.75. The Morgan fingerprint density at radius 1 is 1.23 bits per heavy atom. The molecule has 0 saturated carbocycles. The number of carbonyl (C=O) groups excluding carboxylic acids is 1. The van der Waals surface area contributed by atoms with Crippen molar-refractivity contribution in [2.24, 2.45) is 0 Å². The van der Waals surface area contributed by atoms with Gasteiger partial charge in [0.25, 0.3) is 0 Å². The Hall–Kier alpha value is -3.44. The average molecular weight is 423 g/mol. The van der Waals surface area contributed by atoms with Crippen LogP contribution in [0.5, 0.6) is 11.5 Å². The van der Waals surface area contributed by atoms with Gasteiger partial charge in [-0.05, 0) is 37.6 Å². The van der Waals surface area contributed by atoms with E-state index in [-0.39, 0.29) is 12.3 Å². The van der Waals surface area contributed by atoms with E-state index in [0.29, 0.717) is 43.3 Å². The van der Waals surface area contributed by atoms with Gasteiger partial charge in [-0.3, -0.25) is 4.79 Å². The summed E-state index contributed by atoms with van der Waals surface area (Å²) >= 11 is 1.46. The number of hydrogen-bond donors (Lipinski definition) is 1. The molecule has 1 aromatic carbocycles. The summed E-state index contributed by atoms with van der Waals surface area (Å²) < 4.78 is 11.3. The van der Waals surface area contributed by atoms with Crippen molar-refractivity contribution in [1.29, 1.82) is 5.26 Å². The molecule has 0 radical (unpaired) electrons. The van der Waals surface area contributed by atoms with Crippen molar-refractivity contribution in [3.63, 3.8) is 0 Å². The minimum Gasteiger partial charge on any atom is -0.490 e. The predicted octanol–water partition coefficient (Wildman–Crippen LogP) is 4.29. The molecule has 0 aliphatic heterocycles. The van der Waals surface area contributed by atoms with E-state index in [1.54, 1.807) is 18.3 Å². The highest BCUT2D eigenvalue weighted by Gasteiger charge is 2.12. The van der Waals surface area contributed by atoms with Gasteiger partial charge in [0.05, 0.1) is 24.8 Å². The molecule has 3 rings (SSSR count). The fourth-order valence-electron chi connectivity index (χ4n) is 2.55. The fourth-order valence-corrected chi connectivity index (χ4v) is 3.26. The Kier molecular flexibility index (Phi) is 7.75. The summed E-state index contributed by atoms with van der Waals surface area (Å²) in [6, 6.07) is 13.4. The van der Waals surface area contributed by atoms with Gasteiger partial charge in [-0.1, -0.05) is 17.7 Å². The van der Waals surface area contributed by atoms with E-state index in [9.17, 15) is 4.79 Å². The van der Waals surface area contributed by atoms with Crippen LogP contribution in [-0.4, -0.2) is 22.5 Å². The third-order valence-corrected chi connectivity index (χ3v) is 4.91. The maximum Gasteiger partial charge on any atom is 0.231 e. The smallest absolute Gasteiger partial charge is 0.231 e. The first-order valence-corrected chi connectivity index (χ1v) is 10.4. The van der Waals surface area contributed by atoms with Gasteiger partial charge < -0.3 is 14.8 Å². The van der Waals surface area contributed by atoms with Crippen LogP contribution in [0.1, 0.15) is 29.1 Å². The number of nitrogens with one attached hydrogen (secondary N) is 1. The number of hydrogen-bond acceptors (Lipinski definition) is 7. The van der Waals surface area contributed by atoms with Gasteiger partial charge in [0.2, 0.25) is 5.91 Å². The molecule has 0 aliphatic carbocycles. The summed E-state index contributed by atoms with van der Waals surface area (Å²) in [6.45, 7) is 2.77. The zero-order chi connectivity index (χ0) is 21.2. The molecule has 7 nitrogen and oxygen atoms in total. The maximum absolute atomic E-state index is 12.4. The van der Waals surface area contributed by atoms with Crippen molar-refractivity contribution in [2.75, 3.05) is 11.9 Å². The van der Waals surface area contributed by atoms with E-state index in [1.807, 2.05) is 36.6 Å². The van der Waals surface area contributed by atoms with E-state index in [2.05, 4.69) is 21.4 Å². The highest BCUT2D eigenvalue weighted by molar-refractivity contribution is 7.09. The average Bonchev–Trinajstić information content (AvgIpc) is 3.19. The number of unbranched alkanes of at least 4 members (excludes halogenated alkanes) is 1. The molecule has 0 unspecified atom stereocenters. The third-order valence-electron chi connectivity index (χ3n) is 4.04. The van der Waals surface area contributed by atoms with Crippen LogP contribution in [-0.2, 0) is 17.8 Å².